The van der Waals surface area contributed by atoms with E-state index >= 15 is 0 Å². The van der Waals surface area contributed by atoms with Crippen LogP contribution in [0.2, 0.25) is 0 Å². The van der Waals surface area contributed by atoms with Crippen molar-refractivity contribution >= 4 is 23.2 Å². The quantitative estimate of drug-likeness (QED) is 0.758. The van der Waals surface area contributed by atoms with E-state index < -0.39 is 0 Å². The Kier molecular flexibility index (Phi) is 5.59. The molecule has 0 N–H and O–H groups in total. The van der Waals surface area contributed by atoms with Crippen LogP contribution in [0.1, 0.15) is 37.5 Å². The van der Waals surface area contributed by atoms with Gasteiger partial charge in [-0.15, -0.1) is 11.3 Å². The second kappa shape index (κ2) is 7.43. The number of rotatable bonds is 6. The van der Waals surface area contributed by atoms with E-state index in [0.29, 0.717) is 19.6 Å². The Morgan fingerprint density at radius 3 is 3.05 bits per heavy atom. The van der Waals surface area contributed by atoms with E-state index in [4.69, 9.17) is 4.74 Å². The first-order chi connectivity index (χ1) is 9.72. The Labute approximate surface area is 123 Å². The molecular weight excluding hydrogens is 274 g/mol. The zero-order valence-corrected chi connectivity index (χ0v) is 12.7. The van der Waals surface area contributed by atoms with Crippen molar-refractivity contribution in [1.29, 1.82) is 0 Å². The monoisotopic (exact) mass is 295 g/mol. The highest BCUT2D eigenvalue weighted by Gasteiger charge is 2.34. The predicted octanol–water partition coefficient (Wildman–Crippen LogP) is 2.62. The van der Waals surface area contributed by atoms with E-state index in [1.165, 1.54) is 4.88 Å². The molecule has 20 heavy (non-hydrogen) atoms. The number of carbonyl (C=O) groups excluding carboxylic acids is 2. The number of likely N-dealkylation sites (tertiary alicyclic amines) is 1. The van der Waals surface area contributed by atoms with Crippen molar-refractivity contribution in [3.05, 3.63) is 22.4 Å². The fraction of sp³-hybridized carbons (Fsp3) is 0.600. The van der Waals surface area contributed by atoms with Crippen LogP contribution in [-0.2, 0) is 20.7 Å². The number of thiophene rings is 1. The van der Waals surface area contributed by atoms with Crippen molar-refractivity contribution in [3.63, 3.8) is 0 Å². The number of amides is 1. The highest BCUT2D eigenvalue weighted by molar-refractivity contribution is 7.09. The largest absolute Gasteiger partial charge is 0.464 e. The van der Waals surface area contributed by atoms with Gasteiger partial charge >= 0.3 is 5.97 Å². The molecule has 110 valence electrons. The standard InChI is InChI=1S/C15H21NO3S/c1-2-19-15(18)13-8-4-10-16(13)14(17)9-3-6-12-7-5-11-20-12/h5,7,11,13H,2-4,6,8-10H2,1H3. The molecule has 1 saturated heterocycles. The highest BCUT2D eigenvalue weighted by atomic mass is 32.1. The van der Waals surface area contributed by atoms with Gasteiger partial charge in [-0.2, -0.15) is 0 Å². The lowest BCUT2D eigenvalue weighted by Crippen LogP contribution is -2.41. The normalized spacial score (nSPS) is 18.2. The minimum Gasteiger partial charge on any atom is -0.464 e. The smallest absolute Gasteiger partial charge is 0.328 e. The molecular formula is C15H21NO3S. The summed E-state index contributed by atoms with van der Waals surface area (Å²) in [7, 11) is 0. The molecule has 0 bridgehead atoms. The van der Waals surface area contributed by atoms with Gasteiger partial charge in [0.15, 0.2) is 0 Å². The third-order valence-corrected chi connectivity index (χ3v) is 4.46. The van der Waals surface area contributed by atoms with Crippen molar-refractivity contribution in [2.75, 3.05) is 13.2 Å². The van der Waals surface area contributed by atoms with Gasteiger partial charge in [0.25, 0.3) is 0 Å². The van der Waals surface area contributed by atoms with Gasteiger partial charge in [0, 0.05) is 17.8 Å². The molecule has 1 aliphatic rings. The maximum Gasteiger partial charge on any atom is 0.328 e. The van der Waals surface area contributed by atoms with Gasteiger partial charge in [0.1, 0.15) is 6.04 Å². The Hall–Kier alpha value is -1.36. The summed E-state index contributed by atoms with van der Waals surface area (Å²) in [6.45, 7) is 2.84. The Morgan fingerprint density at radius 2 is 2.35 bits per heavy atom. The van der Waals surface area contributed by atoms with E-state index in [2.05, 4.69) is 11.4 Å². The summed E-state index contributed by atoms with van der Waals surface area (Å²) >= 11 is 1.72. The second-order valence-corrected chi connectivity index (χ2v) is 5.96. The van der Waals surface area contributed by atoms with Gasteiger partial charge in [-0.05, 0) is 44.1 Å². The fourth-order valence-corrected chi connectivity index (χ4v) is 3.31. The minimum absolute atomic E-state index is 0.0807. The Morgan fingerprint density at radius 1 is 1.50 bits per heavy atom. The average molecular weight is 295 g/mol. The predicted molar refractivity (Wildman–Crippen MR) is 78.6 cm³/mol. The van der Waals surface area contributed by atoms with Gasteiger partial charge in [-0.25, -0.2) is 4.79 Å². The average Bonchev–Trinajstić information content (AvgIpc) is 3.10. The van der Waals surface area contributed by atoms with Crippen LogP contribution < -0.4 is 0 Å². The van der Waals surface area contributed by atoms with Gasteiger partial charge in [-0.1, -0.05) is 6.07 Å². The Bertz CT molecular complexity index is 444. The number of nitrogens with zero attached hydrogens (tertiary/aromatic N) is 1. The van der Waals surface area contributed by atoms with E-state index in [-0.39, 0.29) is 17.9 Å². The summed E-state index contributed by atoms with van der Waals surface area (Å²) in [4.78, 5) is 27.0. The molecule has 1 aromatic heterocycles. The molecule has 1 atom stereocenters. The fourth-order valence-electron chi connectivity index (χ4n) is 2.56. The van der Waals surface area contributed by atoms with Crippen molar-refractivity contribution in [2.45, 2.75) is 45.1 Å². The molecule has 0 radical (unpaired) electrons. The first-order valence-corrected chi connectivity index (χ1v) is 8.09. The number of hydrogen-bond donors (Lipinski definition) is 0. The molecule has 1 fully saturated rings. The van der Waals surface area contributed by atoms with Crippen LogP contribution in [0.3, 0.4) is 0 Å². The highest BCUT2D eigenvalue weighted by Crippen LogP contribution is 2.20. The summed E-state index contributed by atoms with van der Waals surface area (Å²) in [5, 5.41) is 2.05. The lowest BCUT2D eigenvalue weighted by molar-refractivity contribution is -0.153. The van der Waals surface area contributed by atoms with Crippen LogP contribution in [0.5, 0.6) is 0 Å². The maximum atomic E-state index is 12.2. The molecule has 2 heterocycles. The molecule has 0 saturated carbocycles. The van der Waals surface area contributed by atoms with Crippen LogP contribution in [0.4, 0.5) is 0 Å². The maximum absolute atomic E-state index is 12.2. The van der Waals surface area contributed by atoms with Gasteiger partial charge in [0.05, 0.1) is 6.61 Å². The first-order valence-electron chi connectivity index (χ1n) is 7.21. The molecule has 1 aliphatic heterocycles. The van der Waals surface area contributed by atoms with Crippen molar-refractivity contribution in [3.8, 4) is 0 Å². The number of carbonyl (C=O) groups is 2. The number of aryl methyl sites for hydroxylation is 1. The van der Waals surface area contributed by atoms with Crippen molar-refractivity contribution < 1.29 is 14.3 Å². The number of esters is 1. The zero-order chi connectivity index (χ0) is 14.4. The molecule has 1 aromatic rings. The summed E-state index contributed by atoms with van der Waals surface area (Å²) in [6.07, 6.45) is 3.90. The number of hydrogen-bond acceptors (Lipinski definition) is 4. The van der Waals surface area contributed by atoms with Crippen LogP contribution in [-0.4, -0.2) is 36.0 Å². The third kappa shape index (κ3) is 3.82. The zero-order valence-electron chi connectivity index (χ0n) is 11.8. The van der Waals surface area contributed by atoms with Crippen LogP contribution >= 0.6 is 11.3 Å². The second-order valence-electron chi connectivity index (χ2n) is 4.93. The molecule has 0 spiro atoms. The lowest BCUT2D eigenvalue weighted by atomic mass is 10.2. The summed E-state index contributed by atoms with van der Waals surface area (Å²) in [5.41, 5.74) is 0. The molecule has 5 heteroatoms. The molecule has 2 rings (SSSR count). The SMILES string of the molecule is CCOC(=O)C1CCCN1C(=O)CCCc1cccs1. The molecule has 4 nitrogen and oxygen atoms in total. The minimum atomic E-state index is -0.357. The molecule has 0 aromatic carbocycles. The van der Waals surface area contributed by atoms with E-state index in [1.54, 1.807) is 23.2 Å². The number of ether oxygens (including phenoxy) is 1. The lowest BCUT2D eigenvalue weighted by Gasteiger charge is -2.23. The molecule has 1 unspecified atom stereocenters. The first kappa shape index (κ1) is 15.0. The van der Waals surface area contributed by atoms with Crippen LogP contribution in [0.15, 0.2) is 17.5 Å². The third-order valence-electron chi connectivity index (χ3n) is 3.53. The van der Waals surface area contributed by atoms with Crippen LogP contribution in [0.25, 0.3) is 0 Å². The van der Waals surface area contributed by atoms with Crippen LogP contribution in [0, 0.1) is 0 Å². The molecule has 1 amide bonds. The van der Waals surface area contributed by atoms with E-state index in [9.17, 15) is 9.59 Å². The summed E-state index contributed by atoms with van der Waals surface area (Å²) in [5.74, 6) is -0.172. The Balaban J connectivity index is 1.80. The van der Waals surface area contributed by atoms with Gasteiger partial charge < -0.3 is 9.64 Å². The van der Waals surface area contributed by atoms with Crippen molar-refractivity contribution in [1.82, 2.24) is 4.90 Å². The van der Waals surface area contributed by atoms with E-state index in [1.807, 2.05) is 6.07 Å². The van der Waals surface area contributed by atoms with E-state index in [0.717, 1.165) is 25.7 Å². The molecule has 0 aliphatic carbocycles. The van der Waals surface area contributed by atoms with Crippen molar-refractivity contribution in [2.24, 2.45) is 0 Å². The summed E-state index contributed by atoms with van der Waals surface area (Å²) < 4.78 is 5.04. The summed E-state index contributed by atoms with van der Waals surface area (Å²) in [6, 6.07) is 3.76. The van der Waals surface area contributed by atoms with Gasteiger partial charge in [-0.3, -0.25) is 4.79 Å². The van der Waals surface area contributed by atoms with Gasteiger partial charge in [0.2, 0.25) is 5.91 Å². The topological polar surface area (TPSA) is 46.6 Å².